The van der Waals surface area contributed by atoms with Gasteiger partial charge in [-0.25, -0.2) is 0 Å². The van der Waals surface area contributed by atoms with E-state index in [-0.39, 0.29) is 50.9 Å². The molecule has 0 aromatic heterocycles. The van der Waals surface area contributed by atoms with E-state index in [1.54, 1.807) is 12.4 Å². The topological polar surface area (TPSA) is 145 Å². The molecule has 1 radical (unpaired) electrons. The second-order valence-corrected chi connectivity index (χ2v) is 13.8. The molecule has 9 heteroatoms. The van der Waals surface area contributed by atoms with Gasteiger partial charge in [0.15, 0.2) is 0 Å². The van der Waals surface area contributed by atoms with Crippen molar-refractivity contribution in [2.45, 2.75) is 106 Å². The van der Waals surface area contributed by atoms with E-state index >= 15 is 0 Å². The van der Waals surface area contributed by atoms with E-state index in [9.17, 15) is 10.2 Å². The molecule has 0 saturated carbocycles. The van der Waals surface area contributed by atoms with Crippen molar-refractivity contribution in [2.24, 2.45) is 9.98 Å². The first-order valence-electron chi connectivity index (χ1n) is 15.3. The molecule has 0 amide bonds. The summed E-state index contributed by atoms with van der Waals surface area (Å²) >= 11 is 0. The molecule has 2 N–H and O–H groups in total. The fourth-order valence-corrected chi connectivity index (χ4v) is 4.22. The molecule has 0 spiro atoms. The summed E-state index contributed by atoms with van der Waals surface area (Å²) in [7, 11) is 0. The summed E-state index contributed by atoms with van der Waals surface area (Å²) in [5.74, 6) is -1.17. The molecule has 0 fully saturated rings. The van der Waals surface area contributed by atoms with Crippen LogP contribution in [0.3, 0.4) is 0 Å². The molecular weight excluding hydrogens is 639 g/mol. The minimum absolute atomic E-state index is 0. The van der Waals surface area contributed by atoms with E-state index in [1.165, 1.54) is 11.1 Å². The van der Waals surface area contributed by atoms with Gasteiger partial charge < -0.3 is 30.0 Å². The number of phenols is 2. The van der Waals surface area contributed by atoms with E-state index in [0.717, 1.165) is 47.5 Å². The Morgan fingerprint density at radius 2 is 0.894 bits per heavy atom. The zero-order valence-corrected chi connectivity index (χ0v) is 30.7. The molecule has 8 nitrogen and oxygen atoms in total. The van der Waals surface area contributed by atoms with Crippen molar-refractivity contribution in [3.63, 3.8) is 0 Å². The van der Waals surface area contributed by atoms with Crippen LogP contribution in [0.2, 0.25) is 0 Å². The first-order valence-corrected chi connectivity index (χ1v) is 15.3. The summed E-state index contributed by atoms with van der Waals surface area (Å²) in [6.45, 7) is 23.3. The van der Waals surface area contributed by atoms with Gasteiger partial charge >= 0.3 is 16.8 Å². The van der Waals surface area contributed by atoms with Crippen molar-refractivity contribution in [3.8, 4) is 11.5 Å². The molecule has 257 valence electrons. The largest absolute Gasteiger partial charge is 2.00 e. The van der Waals surface area contributed by atoms with Crippen molar-refractivity contribution >= 4 is 35.7 Å². The summed E-state index contributed by atoms with van der Waals surface area (Å²) in [5.41, 5.74) is 7.13. The minimum Gasteiger partial charge on any atom is -0.550 e. The Labute approximate surface area is 290 Å². The quantitative estimate of drug-likeness (QED) is 0.268. The van der Waals surface area contributed by atoms with Gasteiger partial charge in [-0.05, 0) is 95.2 Å². The summed E-state index contributed by atoms with van der Waals surface area (Å²) in [4.78, 5) is 27.0. The monoisotopic (exact) mass is 689 g/mol. The van der Waals surface area contributed by atoms with E-state index in [4.69, 9.17) is 19.8 Å². The van der Waals surface area contributed by atoms with Crippen molar-refractivity contribution in [1.29, 1.82) is 0 Å². The third-order valence-corrected chi connectivity index (χ3v) is 6.87. The van der Waals surface area contributed by atoms with Crippen LogP contribution in [-0.2, 0) is 37.2 Å². The number of benzene rings is 3. The van der Waals surface area contributed by atoms with Crippen LogP contribution in [0.4, 0.5) is 11.4 Å². The fraction of sp³-hybridized carbons (Fsp3) is 0.421. The van der Waals surface area contributed by atoms with Gasteiger partial charge in [0.2, 0.25) is 0 Å². The molecule has 3 aromatic carbocycles. The average Bonchev–Trinajstić information content (AvgIpc) is 2.90. The molecule has 0 atom stereocenters. The second-order valence-electron chi connectivity index (χ2n) is 13.8. The van der Waals surface area contributed by atoms with Gasteiger partial charge in [-0.15, -0.1) is 0 Å². The first kappa shape index (κ1) is 43.0. The molecule has 0 bridgehead atoms. The third-order valence-electron chi connectivity index (χ3n) is 6.87. The maximum atomic E-state index is 10.9. The maximum absolute atomic E-state index is 10.9. The minimum atomic E-state index is -1.08. The predicted octanol–water partition coefficient (Wildman–Crippen LogP) is 6.95. The van der Waals surface area contributed by atoms with Crippen LogP contribution in [0.1, 0.15) is 128 Å². The molecule has 47 heavy (non-hydrogen) atoms. The Balaban J connectivity index is 0.00000211. The van der Waals surface area contributed by atoms with Gasteiger partial charge in [0, 0.05) is 35.5 Å². The van der Waals surface area contributed by atoms with E-state index in [0.29, 0.717) is 0 Å². The third kappa shape index (κ3) is 14.6. The summed E-state index contributed by atoms with van der Waals surface area (Å²) in [6.07, 6.45) is 3.47. The molecule has 0 aliphatic rings. The number of hydrogen-bond acceptors (Lipinski definition) is 8. The van der Waals surface area contributed by atoms with Crippen LogP contribution < -0.4 is 10.2 Å². The van der Waals surface area contributed by atoms with Gasteiger partial charge in [0.05, 0.1) is 11.4 Å². The average molecular weight is 690 g/mol. The molecule has 3 aromatic rings. The molecule has 0 aliphatic heterocycles. The van der Waals surface area contributed by atoms with Gasteiger partial charge in [0.25, 0.3) is 0 Å². The predicted molar refractivity (Wildman–Crippen MR) is 184 cm³/mol. The van der Waals surface area contributed by atoms with Crippen LogP contribution >= 0.6 is 0 Å². The number of carboxylic acid groups (broad SMARTS) is 2. The standard InChI is InChI=1S/C34H44N2O2.2C2H4O2.Co/c1-21(2)29-17-25(33(5,6)7)15-23(31(29)37)19-35-27-11-13-28(14-12-27)36-20-24-16-26(34(8,9)10)18-30(22(3)4)32(24)38;2*1-2(3)4;/h11-22,37-38H,1-10H3;2*1H3,(H,3,4);/q;;;+2/p-2. The Kier molecular flexibility index (Phi) is 16.9. The second kappa shape index (κ2) is 18.4. The number of phenolic OH excluding ortho intramolecular Hbond substituents is 2. The first-order chi connectivity index (χ1) is 21.0. The fourth-order valence-electron chi connectivity index (χ4n) is 4.22. The van der Waals surface area contributed by atoms with Crippen LogP contribution in [-0.4, -0.2) is 34.6 Å². The molecule has 3 rings (SSSR count). The van der Waals surface area contributed by atoms with E-state index < -0.39 is 11.9 Å². The Morgan fingerprint density at radius 1 is 0.638 bits per heavy atom. The molecular formula is C38H50CoN2O6. The summed E-state index contributed by atoms with van der Waals surface area (Å²) in [5, 5.41) is 39.5. The number of aromatic hydroxyl groups is 2. The molecule has 0 heterocycles. The Hall–Kier alpha value is -3.95. The molecule has 0 unspecified atom stereocenters. The normalized spacial score (nSPS) is 11.5. The van der Waals surface area contributed by atoms with Crippen molar-refractivity contribution in [1.82, 2.24) is 0 Å². The SMILES string of the molecule is CC(=O)[O-].CC(=O)[O-].CC(C)c1cc(C(C)(C)C)cc(C=Nc2ccc(N=Cc3cc(C(C)(C)C)cc(C(C)C)c3O)cc2)c1O.[Co+2]. The number of carbonyl (C=O) groups is 2. The number of aliphatic carboxylic acids is 2. The van der Waals surface area contributed by atoms with E-state index in [2.05, 4.69) is 91.4 Å². The van der Waals surface area contributed by atoms with Gasteiger partial charge in [-0.1, -0.05) is 81.4 Å². The summed E-state index contributed by atoms with van der Waals surface area (Å²) < 4.78 is 0. The number of nitrogens with zero attached hydrogens (tertiary/aromatic N) is 2. The smallest absolute Gasteiger partial charge is 0.550 e. The van der Waals surface area contributed by atoms with Crippen LogP contribution in [0.25, 0.3) is 0 Å². The number of aliphatic imine (C=N–C) groups is 2. The van der Waals surface area contributed by atoms with Crippen molar-refractivity contribution in [3.05, 3.63) is 81.9 Å². The number of rotatable bonds is 6. The number of carboxylic acids is 2. The maximum Gasteiger partial charge on any atom is 2.00 e. The zero-order chi connectivity index (χ0) is 35.6. The van der Waals surface area contributed by atoms with E-state index in [1.807, 2.05) is 36.4 Å². The Morgan fingerprint density at radius 3 is 1.11 bits per heavy atom. The van der Waals surface area contributed by atoms with Gasteiger partial charge in [-0.2, -0.15) is 0 Å². The summed E-state index contributed by atoms with van der Waals surface area (Å²) in [6, 6.07) is 15.9. The Bertz CT molecular complexity index is 1420. The number of hydrogen-bond donors (Lipinski definition) is 2. The number of carbonyl (C=O) groups excluding carboxylic acids is 2. The van der Waals surface area contributed by atoms with Crippen LogP contribution in [0.15, 0.2) is 58.5 Å². The van der Waals surface area contributed by atoms with Gasteiger partial charge in [0.1, 0.15) is 11.5 Å². The van der Waals surface area contributed by atoms with Crippen molar-refractivity contribution < 1.29 is 46.8 Å². The zero-order valence-electron chi connectivity index (χ0n) is 29.7. The van der Waals surface area contributed by atoms with Crippen LogP contribution in [0, 0.1) is 0 Å². The van der Waals surface area contributed by atoms with Crippen LogP contribution in [0.5, 0.6) is 11.5 Å². The molecule has 0 saturated heterocycles. The molecule has 0 aliphatic carbocycles. The van der Waals surface area contributed by atoms with Gasteiger partial charge in [-0.3, -0.25) is 9.98 Å². The van der Waals surface area contributed by atoms with Crippen molar-refractivity contribution in [2.75, 3.05) is 0 Å².